The molecule has 0 aliphatic carbocycles. The van der Waals surface area contributed by atoms with Gasteiger partial charge in [0.2, 0.25) is 0 Å². The van der Waals surface area contributed by atoms with Crippen molar-refractivity contribution in [3.05, 3.63) is 36.3 Å². The van der Waals surface area contributed by atoms with Gasteiger partial charge in [-0.15, -0.1) is 0 Å². The second-order valence-corrected chi connectivity index (χ2v) is 3.07. The topological polar surface area (TPSA) is 68.0 Å². The molecule has 0 aromatic carbocycles. The molecule has 15 heavy (non-hydrogen) atoms. The molecule has 2 aromatic rings. The van der Waals surface area contributed by atoms with Crippen LogP contribution < -0.4 is 0 Å². The zero-order valence-electron chi connectivity index (χ0n) is 8.08. The predicted molar refractivity (Wildman–Crippen MR) is 53.6 cm³/mol. The molecular weight excluding hydrogens is 194 g/mol. The summed E-state index contributed by atoms with van der Waals surface area (Å²) < 4.78 is 0.888. The quantitative estimate of drug-likeness (QED) is 0.767. The van der Waals surface area contributed by atoms with Gasteiger partial charge in [-0.25, -0.2) is 4.79 Å². The summed E-state index contributed by atoms with van der Waals surface area (Å²) in [4.78, 5) is 14.8. The van der Waals surface area contributed by atoms with Crippen LogP contribution in [0.1, 0.15) is 5.69 Å². The smallest absolute Gasteiger partial charge is 0.432 e. The van der Waals surface area contributed by atoms with E-state index in [-0.39, 0.29) is 0 Å². The van der Waals surface area contributed by atoms with Crippen molar-refractivity contribution in [3.63, 3.8) is 0 Å². The number of nitrogens with zero attached hydrogens (tertiary/aromatic N) is 3. The molecule has 5 heteroatoms. The van der Waals surface area contributed by atoms with Gasteiger partial charge in [0.25, 0.3) is 0 Å². The van der Waals surface area contributed by atoms with Gasteiger partial charge < -0.3 is 5.11 Å². The van der Waals surface area contributed by atoms with Gasteiger partial charge in [-0.3, -0.25) is 4.98 Å². The molecule has 0 atom stereocenters. The molecule has 0 fully saturated rings. The Labute approximate surface area is 86.0 Å². The van der Waals surface area contributed by atoms with Crippen LogP contribution in [0.2, 0.25) is 0 Å². The first-order valence-corrected chi connectivity index (χ1v) is 4.39. The summed E-state index contributed by atoms with van der Waals surface area (Å²) in [5.74, 6) is 0. The van der Waals surface area contributed by atoms with E-state index in [0.29, 0.717) is 5.69 Å². The molecule has 2 heterocycles. The highest BCUT2D eigenvalue weighted by molar-refractivity contribution is 5.70. The van der Waals surface area contributed by atoms with Gasteiger partial charge in [0.05, 0.1) is 11.4 Å². The minimum absolute atomic E-state index is 0.649. The molecule has 0 amide bonds. The molecule has 2 aromatic heterocycles. The van der Waals surface area contributed by atoms with Crippen LogP contribution in [-0.2, 0) is 0 Å². The third-order valence-corrected chi connectivity index (χ3v) is 2.04. The number of carbonyl (C=O) groups is 1. The lowest BCUT2D eigenvalue weighted by Crippen LogP contribution is -2.07. The molecule has 0 spiro atoms. The SMILES string of the molecule is Cc1nn(C(=O)O)cc1-c1ccccn1. The van der Waals surface area contributed by atoms with Crippen LogP contribution in [0.15, 0.2) is 30.6 Å². The van der Waals surface area contributed by atoms with Crippen LogP contribution >= 0.6 is 0 Å². The Morgan fingerprint density at radius 3 is 2.80 bits per heavy atom. The van der Waals surface area contributed by atoms with Crippen molar-refractivity contribution in [3.8, 4) is 11.3 Å². The fourth-order valence-corrected chi connectivity index (χ4v) is 1.33. The van der Waals surface area contributed by atoms with Gasteiger partial charge in [-0.1, -0.05) is 6.07 Å². The van der Waals surface area contributed by atoms with E-state index >= 15 is 0 Å². The van der Waals surface area contributed by atoms with E-state index in [4.69, 9.17) is 5.11 Å². The zero-order valence-corrected chi connectivity index (χ0v) is 8.08. The minimum Gasteiger partial charge on any atom is -0.463 e. The molecule has 0 saturated carbocycles. The third-order valence-electron chi connectivity index (χ3n) is 2.04. The predicted octanol–water partition coefficient (Wildman–Crippen LogP) is 1.78. The van der Waals surface area contributed by atoms with Gasteiger partial charge in [-0.2, -0.15) is 9.78 Å². The molecular formula is C10H9N3O2. The van der Waals surface area contributed by atoms with E-state index in [1.165, 1.54) is 6.20 Å². The highest BCUT2D eigenvalue weighted by atomic mass is 16.4. The molecule has 0 aliphatic rings. The number of hydrogen-bond donors (Lipinski definition) is 1. The Morgan fingerprint density at radius 1 is 1.47 bits per heavy atom. The summed E-state index contributed by atoms with van der Waals surface area (Å²) in [6.07, 6.45) is 2.02. The summed E-state index contributed by atoms with van der Waals surface area (Å²) in [6.45, 7) is 1.75. The fourth-order valence-electron chi connectivity index (χ4n) is 1.33. The number of aromatic nitrogens is 3. The van der Waals surface area contributed by atoms with E-state index < -0.39 is 6.09 Å². The maximum absolute atomic E-state index is 10.7. The molecule has 0 bridgehead atoms. The average Bonchev–Trinajstić information content (AvgIpc) is 2.62. The Morgan fingerprint density at radius 2 is 2.27 bits per heavy atom. The van der Waals surface area contributed by atoms with E-state index in [1.54, 1.807) is 19.2 Å². The molecule has 0 saturated heterocycles. The number of pyridine rings is 1. The summed E-state index contributed by atoms with van der Waals surface area (Å²) in [5.41, 5.74) is 2.11. The Balaban J connectivity index is 2.50. The second-order valence-electron chi connectivity index (χ2n) is 3.07. The first-order chi connectivity index (χ1) is 7.18. The van der Waals surface area contributed by atoms with Crippen LogP contribution in [0.4, 0.5) is 4.79 Å². The van der Waals surface area contributed by atoms with Crippen molar-refractivity contribution in [2.75, 3.05) is 0 Å². The van der Waals surface area contributed by atoms with Gasteiger partial charge in [-0.05, 0) is 19.1 Å². The minimum atomic E-state index is -1.10. The molecule has 0 unspecified atom stereocenters. The van der Waals surface area contributed by atoms with Crippen LogP contribution in [0.3, 0.4) is 0 Å². The van der Waals surface area contributed by atoms with Crippen LogP contribution in [0, 0.1) is 6.92 Å². The van der Waals surface area contributed by atoms with Gasteiger partial charge in [0, 0.05) is 18.0 Å². The highest BCUT2D eigenvalue weighted by Gasteiger charge is 2.11. The first-order valence-electron chi connectivity index (χ1n) is 4.39. The van der Waals surface area contributed by atoms with Crippen molar-refractivity contribution >= 4 is 6.09 Å². The Bertz CT molecular complexity index is 491. The van der Waals surface area contributed by atoms with Crippen molar-refractivity contribution in [2.45, 2.75) is 6.92 Å². The van der Waals surface area contributed by atoms with Gasteiger partial charge in [0.1, 0.15) is 0 Å². The van der Waals surface area contributed by atoms with Crippen molar-refractivity contribution in [1.29, 1.82) is 0 Å². The van der Waals surface area contributed by atoms with Crippen LogP contribution in [0.5, 0.6) is 0 Å². The molecule has 0 radical (unpaired) electrons. The highest BCUT2D eigenvalue weighted by Crippen LogP contribution is 2.19. The van der Waals surface area contributed by atoms with E-state index in [1.807, 2.05) is 12.1 Å². The maximum Gasteiger partial charge on any atom is 0.432 e. The van der Waals surface area contributed by atoms with Crippen molar-refractivity contribution in [2.24, 2.45) is 0 Å². The molecule has 1 N–H and O–H groups in total. The lowest BCUT2D eigenvalue weighted by molar-refractivity contribution is 0.192. The molecule has 0 aliphatic heterocycles. The van der Waals surface area contributed by atoms with E-state index in [0.717, 1.165) is 15.9 Å². The lowest BCUT2D eigenvalue weighted by atomic mass is 10.2. The van der Waals surface area contributed by atoms with Crippen molar-refractivity contribution < 1.29 is 9.90 Å². The third kappa shape index (κ3) is 1.71. The zero-order chi connectivity index (χ0) is 10.8. The summed E-state index contributed by atoms with van der Waals surface area (Å²) >= 11 is 0. The summed E-state index contributed by atoms with van der Waals surface area (Å²) in [7, 11) is 0. The fraction of sp³-hybridized carbons (Fsp3) is 0.100. The monoisotopic (exact) mass is 203 g/mol. The van der Waals surface area contributed by atoms with Crippen molar-refractivity contribution in [1.82, 2.24) is 14.8 Å². The molecule has 2 rings (SSSR count). The molecule has 5 nitrogen and oxygen atoms in total. The summed E-state index contributed by atoms with van der Waals surface area (Å²) in [5, 5.41) is 12.6. The average molecular weight is 203 g/mol. The maximum atomic E-state index is 10.7. The normalized spacial score (nSPS) is 10.2. The van der Waals surface area contributed by atoms with Crippen LogP contribution in [0.25, 0.3) is 11.3 Å². The van der Waals surface area contributed by atoms with Gasteiger partial charge in [0.15, 0.2) is 0 Å². The summed E-state index contributed by atoms with van der Waals surface area (Å²) in [6, 6.07) is 5.47. The van der Waals surface area contributed by atoms with Crippen LogP contribution in [-0.4, -0.2) is 26.0 Å². The Hall–Kier alpha value is -2.17. The Kier molecular flexibility index (Phi) is 2.21. The first kappa shape index (κ1) is 9.39. The standard InChI is InChI=1S/C10H9N3O2/c1-7-8(6-13(12-7)10(14)15)9-4-2-3-5-11-9/h2-6H,1H3,(H,14,15). The number of rotatable bonds is 1. The number of hydrogen-bond acceptors (Lipinski definition) is 3. The number of carboxylic acid groups (broad SMARTS) is 1. The van der Waals surface area contributed by atoms with E-state index in [9.17, 15) is 4.79 Å². The van der Waals surface area contributed by atoms with Gasteiger partial charge >= 0.3 is 6.09 Å². The second kappa shape index (κ2) is 3.53. The molecule has 76 valence electrons. The largest absolute Gasteiger partial charge is 0.463 e. The lowest BCUT2D eigenvalue weighted by Gasteiger charge is -1.95. The van der Waals surface area contributed by atoms with E-state index in [2.05, 4.69) is 10.1 Å². The number of aryl methyl sites for hydroxylation is 1.